The molecule has 27 heavy (non-hydrogen) atoms. The van der Waals surface area contributed by atoms with Crippen molar-refractivity contribution >= 4 is 32.3 Å². The molecule has 0 heterocycles. The molecule has 2 unspecified atom stereocenters. The molecular formula is C22H46OSi4. The van der Waals surface area contributed by atoms with Crippen molar-refractivity contribution in [2.75, 3.05) is 0 Å². The molecule has 0 amide bonds. The average Bonchev–Trinajstić information content (AvgIpc) is 2.39. The predicted molar refractivity (Wildman–Crippen MR) is 136 cm³/mol. The molecule has 0 aromatic rings. The quantitative estimate of drug-likeness (QED) is 0.298. The zero-order valence-corrected chi connectivity index (χ0v) is 24.4. The third-order valence-corrected chi connectivity index (χ3v) is 10.8. The minimum Gasteiger partial charge on any atom is -0.382 e. The Kier molecular flexibility index (Phi) is 10.6. The molecule has 0 saturated heterocycles. The third kappa shape index (κ3) is 14.6. The van der Waals surface area contributed by atoms with Crippen LogP contribution in [0.5, 0.6) is 0 Å². The van der Waals surface area contributed by atoms with Crippen LogP contribution in [0.3, 0.4) is 0 Å². The van der Waals surface area contributed by atoms with Gasteiger partial charge in [-0.15, -0.1) is 22.9 Å². The average molecular weight is 439 g/mol. The largest absolute Gasteiger partial charge is 0.382 e. The van der Waals surface area contributed by atoms with Crippen LogP contribution in [0.4, 0.5) is 0 Å². The van der Waals surface area contributed by atoms with E-state index in [9.17, 15) is 0 Å². The van der Waals surface area contributed by atoms with Crippen molar-refractivity contribution in [1.29, 1.82) is 0 Å². The lowest BCUT2D eigenvalue weighted by molar-refractivity contribution is 0.0596. The van der Waals surface area contributed by atoms with E-state index >= 15 is 0 Å². The van der Waals surface area contributed by atoms with Crippen LogP contribution < -0.4 is 0 Å². The molecule has 0 fully saturated rings. The van der Waals surface area contributed by atoms with E-state index in [4.69, 9.17) is 4.74 Å². The summed E-state index contributed by atoms with van der Waals surface area (Å²) in [5, 5.41) is 0. The Hall–Kier alpha value is -0.0525. The fourth-order valence-electron chi connectivity index (χ4n) is 2.67. The molecule has 5 heteroatoms. The van der Waals surface area contributed by atoms with Gasteiger partial charge in [-0.1, -0.05) is 78.6 Å². The monoisotopic (exact) mass is 438 g/mol. The first-order chi connectivity index (χ1) is 11.9. The Bertz CT molecular complexity index is 511. The highest BCUT2D eigenvalue weighted by molar-refractivity contribution is 6.84. The predicted octanol–water partition coefficient (Wildman–Crippen LogP) is 6.82. The van der Waals surface area contributed by atoms with E-state index in [0.29, 0.717) is 11.5 Å². The molecule has 0 aromatic carbocycles. The minimum absolute atomic E-state index is 0.398. The van der Waals surface area contributed by atoms with Gasteiger partial charge in [-0.2, -0.15) is 0 Å². The SMILES string of the molecule is C[Si](C)(C)C#CCCC(OC(CCC#C[Si](C)(C)C)[Si](C)(C)C)[Si](C)(C)C. The summed E-state index contributed by atoms with van der Waals surface area (Å²) in [6.45, 7) is 28.5. The highest BCUT2D eigenvalue weighted by atomic mass is 28.3. The first-order valence-electron chi connectivity index (χ1n) is 10.6. The van der Waals surface area contributed by atoms with Crippen LogP contribution in [0.15, 0.2) is 0 Å². The molecule has 2 atom stereocenters. The summed E-state index contributed by atoms with van der Waals surface area (Å²) >= 11 is 0. The molecule has 0 spiro atoms. The van der Waals surface area contributed by atoms with Crippen molar-refractivity contribution in [3.05, 3.63) is 0 Å². The zero-order chi connectivity index (χ0) is 21.5. The van der Waals surface area contributed by atoms with E-state index in [1.165, 1.54) is 0 Å². The molecule has 0 N–H and O–H groups in total. The molecule has 0 saturated carbocycles. The first-order valence-corrected chi connectivity index (χ1v) is 24.7. The highest BCUT2D eigenvalue weighted by Gasteiger charge is 2.34. The maximum atomic E-state index is 6.85. The molecule has 0 aromatic heterocycles. The van der Waals surface area contributed by atoms with Gasteiger partial charge in [-0.25, -0.2) is 0 Å². The third-order valence-electron chi connectivity index (χ3n) is 4.25. The van der Waals surface area contributed by atoms with Gasteiger partial charge in [0.15, 0.2) is 0 Å². The van der Waals surface area contributed by atoms with Gasteiger partial charge >= 0.3 is 0 Å². The molecule has 0 aliphatic carbocycles. The van der Waals surface area contributed by atoms with Crippen molar-refractivity contribution in [2.45, 2.75) is 116 Å². The Labute approximate surface area is 175 Å². The van der Waals surface area contributed by atoms with Gasteiger partial charge in [0, 0.05) is 24.3 Å². The van der Waals surface area contributed by atoms with Gasteiger partial charge in [0.1, 0.15) is 16.1 Å². The molecule has 1 nitrogen and oxygen atoms in total. The van der Waals surface area contributed by atoms with E-state index in [2.05, 4.69) is 101 Å². The smallest absolute Gasteiger partial charge is 0.129 e. The Morgan fingerprint density at radius 1 is 0.556 bits per heavy atom. The van der Waals surface area contributed by atoms with Gasteiger partial charge in [0.25, 0.3) is 0 Å². The van der Waals surface area contributed by atoms with Crippen LogP contribution in [-0.2, 0) is 4.74 Å². The summed E-state index contributed by atoms with van der Waals surface area (Å²) in [6, 6.07) is 0. The molecule has 156 valence electrons. The normalized spacial score (nSPS) is 15.3. The van der Waals surface area contributed by atoms with E-state index in [-0.39, 0.29) is 0 Å². The van der Waals surface area contributed by atoms with E-state index in [0.717, 1.165) is 25.7 Å². The lowest BCUT2D eigenvalue weighted by Gasteiger charge is -2.37. The lowest BCUT2D eigenvalue weighted by atomic mass is 10.3. The van der Waals surface area contributed by atoms with E-state index in [1.807, 2.05) is 0 Å². The van der Waals surface area contributed by atoms with E-state index in [1.54, 1.807) is 0 Å². The van der Waals surface area contributed by atoms with Crippen LogP contribution >= 0.6 is 0 Å². The van der Waals surface area contributed by atoms with E-state index < -0.39 is 32.3 Å². The second-order valence-electron chi connectivity index (χ2n) is 12.0. The summed E-state index contributed by atoms with van der Waals surface area (Å²) in [5.41, 5.74) is 7.82. The maximum absolute atomic E-state index is 6.85. The first kappa shape index (κ1) is 26.9. The van der Waals surface area contributed by atoms with Crippen molar-refractivity contribution in [2.24, 2.45) is 0 Å². The van der Waals surface area contributed by atoms with Gasteiger partial charge in [-0.3, -0.25) is 0 Å². The Balaban J connectivity index is 5.10. The van der Waals surface area contributed by atoms with Crippen molar-refractivity contribution in [3.63, 3.8) is 0 Å². The lowest BCUT2D eigenvalue weighted by Crippen LogP contribution is -2.49. The summed E-state index contributed by atoms with van der Waals surface area (Å²) in [4.78, 5) is 0. The van der Waals surface area contributed by atoms with Gasteiger partial charge in [0.05, 0.1) is 16.1 Å². The molecule has 0 aliphatic heterocycles. The van der Waals surface area contributed by atoms with Gasteiger partial charge in [0.2, 0.25) is 0 Å². The summed E-state index contributed by atoms with van der Waals surface area (Å²) in [6.07, 6.45) is 4.14. The highest BCUT2D eigenvalue weighted by Crippen LogP contribution is 2.25. The van der Waals surface area contributed by atoms with Crippen molar-refractivity contribution in [3.8, 4) is 22.9 Å². The van der Waals surface area contributed by atoms with Crippen molar-refractivity contribution < 1.29 is 4.74 Å². The standard InChI is InChI=1S/C22H46OSi4/c1-24(2,3)19-15-13-17-21(26(7,8)9)23-22(27(10,11)12)18-14-16-20-25(4,5)6/h21-22H,13-14,17-18H2,1-12H3. The fourth-order valence-corrected chi connectivity index (χ4v) is 7.28. The number of hydrogen-bond donors (Lipinski definition) is 0. The summed E-state index contributed by atoms with van der Waals surface area (Å²) in [7, 11) is -5.31. The van der Waals surface area contributed by atoms with Crippen molar-refractivity contribution in [1.82, 2.24) is 0 Å². The van der Waals surface area contributed by atoms with Crippen LogP contribution in [0, 0.1) is 22.9 Å². The topological polar surface area (TPSA) is 9.23 Å². The Morgan fingerprint density at radius 2 is 0.852 bits per heavy atom. The molecular weight excluding hydrogens is 393 g/mol. The van der Waals surface area contributed by atoms with Crippen LogP contribution in [-0.4, -0.2) is 43.7 Å². The van der Waals surface area contributed by atoms with Crippen LogP contribution in [0.2, 0.25) is 78.6 Å². The van der Waals surface area contributed by atoms with Gasteiger partial charge in [-0.05, 0) is 12.8 Å². The molecule has 0 aliphatic rings. The maximum Gasteiger partial charge on any atom is 0.129 e. The Morgan fingerprint density at radius 3 is 1.07 bits per heavy atom. The van der Waals surface area contributed by atoms with Crippen LogP contribution in [0.25, 0.3) is 0 Å². The second kappa shape index (κ2) is 10.6. The summed E-state index contributed by atoms with van der Waals surface area (Å²) < 4.78 is 6.85. The second-order valence-corrected chi connectivity index (χ2v) is 32.3. The van der Waals surface area contributed by atoms with Crippen LogP contribution in [0.1, 0.15) is 25.7 Å². The number of hydrogen-bond acceptors (Lipinski definition) is 1. The number of ether oxygens (including phenoxy) is 1. The summed E-state index contributed by atoms with van der Waals surface area (Å²) in [5.74, 6) is 6.91. The molecule has 0 bridgehead atoms. The fraction of sp³-hybridized carbons (Fsp3) is 0.818. The zero-order valence-electron chi connectivity index (χ0n) is 20.4. The molecule has 0 radical (unpaired) electrons. The number of rotatable bonds is 8. The molecule has 0 rings (SSSR count). The minimum atomic E-state index is -1.39. The van der Waals surface area contributed by atoms with Gasteiger partial charge < -0.3 is 4.74 Å².